The van der Waals surface area contributed by atoms with Gasteiger partial charge in [-0.15, -0.1) is 0 Å². The largest absolute Gasteiger partial charge is 0.0991 e. The second-order valence-electron chi connectivity index (χ2n) is 5.21. The molecule has 0 amide bonds. The molecule has 0 unspecified atom stereocenters. The van der Waals surface area contributed by atoms with Crippen LogP contribution in [0.3, 0.4) is 0 Å². The molecule has 0 aromatic heterocycles. The summed E-state index contributed by atoms with van der Waals surface area (Å²) in [6.07, 6.45) is 18.5. The molecule has 1 aromatic carbocycles. The number of allylic oxidation sites excluding steroid dienone is 4. The molecule has 0 heterocycles. The molecule has 0 nitrogen and oxygen atoms in total. The molecule has 0 saturated heterocycles. The summed E-state index contributed by atoms with van der Waals surface area (Å²) < 4.78 is 0. The fourth-order valence-electron chi connectivity index (χ4n) is 3.14. The Bertz CT molecular complexity index is 595. The van der Waals surface area contributed by atoms with Crippen LogP contribution in [-0.4, -0.2) is 0 Å². The van der Waals surface area contributed by atoms with Crippen molar-refractivity contribution in [1.29, 1.82) is 0 Å². The van der Waals surface area contributed by atoms with Crippen LogP contribution in [0.2, 0.25) is 0 Å². The van der Waals surface area contributed by atoms with E-state index in [1.807, 2.05) is 12.2 Å². The molecule has 0 fully saturated rings. The first-order valence-corrected chi connectivity index (χ1v) is 7.51. The lowest BCUT2D eigenvalue weighted by Crippen LogP contribution is -2.07. The lowest BCUT2D eigenvalue weighted by Gasteiger charge is -2.23. The van der Waals surface area contributed by atoms with Crippen molar-refractivity contribution >= 4 is 18.2 Å². The predicted octanol–water partition coefficient (Wildman–Crippen LogP) is 5.75. The molecule has 1 aromatic rings. The Morgan fingerprint density at radius 3 is 2.70 bits per heavy atom. The highest BCUT2D eigenvalue weighted by atomic mass is 14.2. The van der Waals surface area contributed by atoms with E-state index < -0.39 is 0 Å². The van der Waals surface area contributed by atoms with Gasteiger partial charge in [0, 0.05) is 0 Å². The van der Waals surface area contributed by atoms with Crippen LogP contribution in [0.4, 0.5) is 0 Å². The first-order chi connectivity index (χ1) is 9.74. The number of hydrogen-bond donors (Lipinski definition) is 0. The van der Waals surface area contributed by atoms with Crippen molar-refractivity contribution in [2.24, 2.45) is 0 Å². The SMILES string of the molecule is C=C/C=C\c1c(C)c2c(c(CC)c1/C=C\C)CCC=C2. The highest BCUT2D eigenvalue weighted by molar-refractivity contribution is 5.78. The van der Waals surface area contributed by atoms with Gasteiger partial charge in [-0.3, -0.25) is 0 Å². The normalized spacial score (nSPS) is 14.2. The molecule has 104 valence electrons. The molecule has 0 heteroatoms. The molecule has 0 N–H and O–H groups in total. The van der Waals surface area contributed by atoms with Crippen LogP contribution >= 0.6 is 0 Å². The summed E-state index contributed by atoms with van der Waals surface area (Å²) in [5.74, 6) is 0. The van der Waals surface area contributed by atoms with Crippen LogP contribution in [0.1, 0.15) is 53.6 Å². The lowest BCUT2D eigenvalue weighted by atomic mass is 9.82. The smallest absolute Gasteiger partial charge is 0.0146 e. The van der Waals surface area contributed by atoms with Gasteiger partial charge in [0.1, 0.15) is 0 Å². The Morgan fingerprint density at radius 1 is 1.25 bits per heavy atom. The van der Waals surface area contributed by atoms with Crippen LogP contribution in [0.25, 0.3) is 18.2 Å². The van der Waals surface area contributed by atoms with Gasteiger partial charge >= 0.3 is 0 Å². The number of fused-ring (bicyclic) bond motifs is 1. The maximum atomic E-state index is 3.79. The number of rotatable bonds is 4. The fraction of sp³-hybridized carbons (Fsp3) is 0.300. The number of hydrogen-bond acceptors (Lipinski definition) is 0. The lowest BCUT2D eigenvalue weighted by molar-refractivity contribution is 0.938. The molecule has 1 aliphatic carbocycles. The minimum absolute atomic E-state index is 1.09. The van der Waals surface area contributed by atoms with Crippen LogP contribution in [0, 0.1) is 6.92 Å². The summed E-state index contributed by atoms with van der Waals surface area (Å²) in [7, 11) is 0. The third kappa shape index (κ3) is 2.56. The van der Waals surface area contributed by atoms with E-state index in [2.05, 4.69) is 57.7 Å². The summed E-state index contributed by atoms with van der Waals surface area (Å²) in [6.45, 7) is 10.4. The summed E-state index contributed by atoms with van der Waals surface area (Å²) in [5, 5.41) is 0. The van der Waals surface area contributed by atoms with Gasteiger partial charge < -0.3 is 0 Å². The van der Waals surface area contributed by atoms with E-state index in [-0.39, 0.29) is 0 Å². The topological polar surface area (TPSA) is 0 Å². The molecule has 0 saturated carbocycles. The second-order valence-corrected chi connectivity index (χ2v) is 5.21. The first kappa shape index (κ1) is 14.6. The van der Waals surface area contributed by atoms with Gasteiger partial charge in [0.05, 0.1) is 0 Å². The highest BCUT2D eigenvalue weighted by Crippen LogP contribution is 2.34. The Kier molecular flexibility index (Phi) is 4.79. The van der Waals surface area contributed by atoms with Gasteiger partial charge in [0.2, 0.25) is 0 Å². The Morgan fingerprint density at radius 2 is 2.05 bits per heavy atom. The van der Waals surface area contributed by atoms with Crippen molar-refractivity contribution < 1.29 is 0 Å². The van der Waals surface area contributed by atoms with E-state index in [4.69, 9.17) is 0 Å². The van der Waals surface area contributed by atoms with E-state index in [0.29, 0.717) is 0 Å². The summed E-state index contributed by atoms with van der Waals surface area (Å²) in [4.78, 5) is 0. The monoisotopic (exact) mass is 264 g/mol. The standard InChI is InChI=1S/C20H24/c1-5-8-12-17-15(4)18-13-9-10-14-20(18)16(7-3)19(17)11-6-2/h5-6,8-9,11-13H,1,7,10,14H2,2-4H3/b11-6-,12-8-. The molecular weight excluding hydrogens is 240 g/mol. The molecule has 0 spiro atoms. The van der Waals surface area contributed by atoms with E-state index in [9.17, 15) is 0 Å². The maximum absolute atomic E-state index is 3.79. The molecule has 1 aliphatic rings. The molecule has 0 bridgehead atoms. The van der Waals surface area contributed by atoms with Crippen LogP contribution < -0.4 is 0 Å². The van der Waals surface area contributed by atoms with Crippen LogP contribution in [0.5, 0.6) is 0 Å². The highest BCUT2D eigenvalue weighted by Gasteiger charge is 2.18. The van der Waals surface area contributed by atoms with Gasteiger partial charge in [-0.05, 0) is 66.5 Å². The fourth-order valence-corrected chi connectivity index (χ4v) is 3.14. The van der Waals surface area contributed by atoms with E-state index in [1.54, 1.807) is 5.56 Å². The van der Waals surface area contributed by atoms with E-state index >= 15 is 0 Å². The van der Waals surface area contributed by atoms with E-state index in [0.717, 1.165) is 12.8 Å². The molecule has 0 aliphatic heterocycles. The number of benzene rings is 1. The molecule has 0 atom stereocenters. The Labute approximate surface area is 123 Å². The van der Waals surface area contributed by atoms with Crippen molar-refractivity contribution in [2.45, 2.75) is 40.0 Å². The van der Waals surface area contributed by atoms with Crippen molar-refractivity contribution in [3.63, 3.8) is 0 Å². The van der Waals surface area contributed by atoms with Crippen molar-refractivity contribution in [3.05, 3.63) is 64.3 Å². The van der Waals surface area contributed by atoms with E-state index in [1.165, 1.54) is 34.2 Å². The third-order valence-corrected chi connectivity index (χ3v) is 4.04. The van der Waals surface area contributed by atoms with Gasteiger partial charge in [-0.25, -0.2) is 0 Å². The van der Waals surface area contributed by atoms with Crippen LogP contribution in [-0.2, 0) is 12.8 Å². The van der Waals surface area contributed by atoms with Crippen LogP contribution in [0.15, 0.2) is 30.9 Å². The zero-order chi connectivity index (χ0) is 14.5. The zero-order valence-electron chi connectivity index (χ0n) is 12.9. The Hall–Kier alpha value is -1.82. The minimum Gasteiger partial charge on any atom is -0.0991 e. The maximum Gasteiger partial charge on any atom is -0.0146 e. The summed E-state index contributed by atoms with van der Waals surface area (Å²) >= 11 is 0. The Balaban J connectivity index is 2.81. The summed E-state index contributed by atoms with van der Waals surface area (Å²) in [6, 6.07) is 0. The van der Waals surface area contributed by atoms with Gasteiger partial charge in [-0.1, -0.05) is 56.0 Å². The van der Waals surface area contributed by atoms with Crippen molar-refractivity contribution in [2.75, 3.05) is 0 Å². The molecule has 20 heavy (non-hydrogen) atoms. The molecule has 2 rings (SSSR count). The predicted molar refractivity (Wildman–Crippen MR) is 91.9 cm³/mol. The van der Waals surface area contributed by atoms with Crippen molar-refractivity contribution in [3.8, 4) is 0 Å². The quantitative estimate of drug-likeness (QED) is 0.607. The van der Waals surface area contributed by atoms with Gasteiger partial charge in [-0.2, -0.15) is 0 Å². The molecule has 0 radical (unpaired) electrons. The average molecular weight is 264 g/mol. The average Bonchev–Trinajstić information content (AvgIpc) is 2.48. The summed E-state index contributed by atoms with van der Waals surface area (Å²) in [5.41, 5.74) is 8.61. The molecular formula is C20H24. The second kappa shape index (κ2) is 6.56. The zero-order valence-corrected chi connectivity index (χ0v) is 12.9. The van der Waals surface area contributed by atoms with Crippen molar-refractivity contribution in [1.82, 2.24) is 0 Å². The van der Waals surface area contributed by atoms with Gasteiger partial charge in [0.15, 0.2) is 0 Å². The minimum atomic E-state index is 1.09. The first-order valence-electron chi connectivity index (χ1n) is 7.51. The third-order valence-electron chi connectivity index (χ3n) is 4.04. The van der Waals surface area contributed by atoms with Gasteiger partial charge in [0.25, 0.3) is 0 Å².